The summed E-state index contributed by atoms with van der Waals surface area (Å²) in [5.74, 6) is 0.0725. The lowest BCUT2D eigenvalue weighted by atomic mass is 10.1. The van der Waals surface area contributed by atoms with E-state index in [1.165, 1.54) is 19.3 Å². The number of benzene rings is 3. The lowest BCUT2D eigenvalue weighted by Gasteiger charge is -2.13. The molecule has 3 aromatic carbocycles. The standard InChI is InChI=1S/C26H21ClN2O6/c1-15-5-4-6-17(9-15)14-34-24-20(27)10-18(12-23(24)33-3)11-21-26(30)35-25(28-21)19-8-7-16(2)22(13-19)29(31)32/h4-13H,14H2,1-3H3/b21-11-. The van der Waals surface area contributed by atoms with Gasteiger partial charge >= 0.3 is 5.97 Å². The van der Waals surface area contributed by atoms with Crippen LogP contribution in [0.15, 0.2) is 65.3 Å². The topological polar surface area (TPSA) is 100 Å². The van der Waals surface area contributed by atoms with Crippen LogP contribution in [0.5, 0.6) is 11.5 Å². The van der Waals surface area contributed by atoms with Gasteiger partial charge in [-0.2, -0.15) is 0 Å². The van der Waals surface area contributed by atoms with Crippen molar-refractivity contribution >= 4 is 35.2 Å². The molecule has 0 fully saturated rings. The molecule has 178 valence electrons. The van der Waals surface area contributed by atoms with Crippen molar-refractivity contribution in [2.45, 2.75) is 20.5 Å². The van der Waals surface area contributed by atoms with Crippen LogP contribution in [0.4, 0.5) is 5.69 Å². The molecule has 0 radical (unpaired) electrons. The summed E-state index contributed by atoms with van der Waals surface area (Å²) in [4.78, 5) is 27.4. The molecule has 0 bridgehead atoms. The predicted molar refractivity (Wildman–Crippen MR) is 132 cm³/mol. The number of nitro groups is 1. The van der Waals surface area contributed by atoms with Crippen molar-refractivity contribution in [2.24, 2.45) is 4.99 Å². The van der Waals surface area contributed by atoms with Crippen LogP contribution in [0.3, 0.4) is 0 Å². The van der Waals surface area contributed by atoms with E-state index >= 15 is 0 Å². The van der Waals surface area contributed by atoms with E-state index in [0.29, 0.717) is 39.8 Å². The van der Waals surface area contributed by atoms with Gasteiger partial charge in [0.05, 0.1) is 17.1 Å². The number of hydrogen-bond acceptors (Lipinski definition) is 7. The first-order chi connectivity index (χ1) is 16.7. The largest absolute Gasteiger partial charge is 0.493 e. The Morgan fingerprint density at radius 1 is 1.14 bits per heavy atom. The molecule has 0 amide bonds. The molecule has 35 heavy (non-hydrogen) atoms. The maximum Gasteiger partial charge on any atom is 0.363 e. The molecule has 8 nitrogen and oxygen atoms in total. The Labute approximate surface area is 206 Å². The van der Waals surface area contributed by atoms with E-state index in [1.54, 1.807) is 31.2 Å². The minimum absolute atomic E-state index is 0.0134. The molecule has 1 aliphatic rings. The fraction of sp³-hybridized carbons (Fsp3) is 0.154. The second kappa shape index (κ2) is 9.99. The molecule has 9 heteroatoms. The van der Waals surface area contributed by atoms with Crippen LogP contribution in [0, 0.1) is 24.0 Å². The summed E-state index contributed by atoms with van der Waals surface area (Å²) in [5, 5.41) is 11.5. The van der Waals surface area contributed by atoms with Gasteiger partial charge in [-0.3, -0.25) is 10.1 Å². The van der Waals surface area contributed by atoms with Crippen LogP contribution in [0.1, 0.15) is 27.8 Å². The fourth-order valence-electron chi connectivity index (χ4n) is 3.55. The molecule has 0 unspecified atom stereocenters. The quantitative estimate of drug-likeness (QED) is 0.179. The number of cyclic esters (lactones) is 1. The van der Waals surface area contributed by atoms with Crippen LogP contribution in [0.25, 0.3) is 6.08 Å². The van der Waals surface area contributed by atoms with Gasteiger partial charge in [0.15, 0.2) is 17.2 Å². The summed E-state index contributed by atoms with van der Waals surface area (Å²) in [5.41, 5.74) is 3.41. The van der Waals surface area contributed by atoms with Gasteiger partial charge < -0.3 is 14.2 Å². The number of nitrogens with zero attached hydrogens (tertiary/aromatic N) is 2. The number of nitro benzene ring substituents is 1. The highest BCUT2D eigenvalue weighted by molar-refractivity contribution is 6.32. The highest BCUT2D eigenvalue weighted by atomic mass is 35.5. The van der Waals surface area contributed by atoms with E-state index in [2.05, 4.69) is 4.99 Å². The van der Waals surface area contributed by atoms with E-state index in [9.17, 15) is 14.9 Å². The summed E-state index contributed by atoms with van der Waals surface area (Å²) in [6.07, 6.45) is 1.50. The molecule has 0 aliphatic carbocycles. The van der Waals surface area contributed by atoms with Crippen molar-refractivity contribution in [3.63, 3.8) is 0 Å². The minimum Gasteiger partial charge on any atom is -0.493 e. The van der Waals surface area contributed by atoms with E-state index in [4.69, 9.17) is 25.8 Å². The van der Waals surface area contributed by atoms with Crippen molar-refractivity contribution in [2.75, 3.05) is 7.11 Å². The Hall–Kier alpha value is -4.17. The number of esters is 1. The zero-order chi connectivity index (χ0) is 25.1. The molecule has 4 rings (SSSR count). The number of carbonyl (C=O) groups excluding carboxylic acids is 1. The molecule has 3 aromatic rings. The SMILES string of the molecule is COc1cc(/C=C2\N=C(c3ccc(C)c([N+](=O)[O-])c3)OC2=O)cc(Cl)c1OCc1cccc(C)c1. The zero-order valence-corrected chi connectivity index (χ0v) is 20.0. The van der Waals surface area contributed by atoms with Crippen molar-refractivity contribution < 1.29 is 23.9 Å². The normalized spacial score (nSPS) is 14.0. The number of hydrogen-bond donors (Lipinski definition) is 0. The van der Waals surface area contributed by atoms with E-state index in [0.717, 1.165) is 11.1 Å². The third kappa shape index (κ3) is 5.33. The molecular formula is C26H21ClN2O6. The number of aryl methyl sites for hydroxylation is 2. The van der Waals surface area contributed by atoms with Crippen LogP contribution < -0.4 is 9.47 Å². The van der Waals surface area contributed by atoms with Crippen molar-refractivity contribution in [1.82, 2.24) is 0 Å². The number of aliphatic imine (C=N–C) groups is 1. The third-order valence-corrected chi connectivity index (χ3v) is 5.57. The average molecular weight is 493 g/mol. The predicted octanol–water partition coefficient (Wildman–Crippen LogP) is 5.80. The number of methoxy groups -OCH3 is 1. The zero-order valence-electron chi connectivity index (χ0n) is 19.2. The maximum atomic E-state index is 12.4. The molecule has 0 atom stereocenters. The lowest BCUT2D eigenvalue weighted by Crippen LogP contribution is -2.06. The van der Waals surface area contributed by atoms with Gasteiger partial charge in [-0.05, 0) is 49.2 Å². The third-order valence-electron chi connectivity index (χ3n) is 5.29. The molecule has 0 spiro atoms. The van der Waals surface area contributed by atoms with Gasteiger partial charge in [0, 0.05) is 17.2 Å². The van der Waals surface area contributed by atoms with E-state index in [1.807, 2.05) is 31.2 Å². The molecule has 0 saturated heterocycles. The lowest BCUT2D eigenvalue weighted by molar-refractivity contribution is -0.385. The Kier molecular flexibility index (Phi) is 6.84. The van der Waals surface area contributed by atoms with Gasteiger partial charge in [-0.15, -0.1) is 0 Å². The number of ether oxygens (including phenoxy) is 3. The number of halogens is 1. The minimum atomic E-state index is -0.682. The highest BCUT2D eigenvalue weighted by Gasteiger charge is 2.26. The molecule has 1 heterocycles. The van der Waals surface area contributed by atoms with Gasteiger partial charge in [-0.25, -0.2) is 9.79 Å². The summed E-state index contributed by atoms with van der Waals surface area (Å²) < 4.78 is 16.6. The van der Waals surface area contributed by atoms with E-state index in [-0.39, 0.29) is 17.3 Å². The molecule has 0 aromatic heterocycles. The fourth-order valence-corrected chi connectivity index (χ4v) is 3.82. The number of carbonyl (C=O) groups is 1. The van der Waals surface area contributed by atoms with Crippen LogP contribution in [-0.2, 0) is 16.1 Å². The van der Waals surface area contributed by atoms with Crippen LogP contribution in [0.2, 0.25) is 5.02 Å². The summed E-state index contributed by atoms with van der Waals surface area (Å²) in [6, 6.07) is 15.7. The first-order valence-electron chi connectivity index (χ1n) is 10.6. The Bertz CT molecular complexity index is 1400. The number of rotatable bonds is 7. The first-order valence-corrected chi connectivity index (χ1v) is 11.0. The summed E-state index contributed by atoms with van der Waals surface area (Å²) in [7, 11) is 1.49. The molecular weight excluding hydrogens is 472 g/mol. The van der Waals surface area contributed by atoms with Crippen LogP contribution in [-0.4, -0.2) is 23.9 Å². The van der Waals surface area contributed by atoms with Crippen molar-refractivity contribution in [3.05, 3.63) is 103 Å². The Morgan fingerprint density at radius 3 is 2.66 bits per heavy atom. The highest BCUT2D eigenvalue weighted by Crippen LogP contribution is 2.38. The maximum absolute atomic E-state index is 12.4. The average Bonchev–Trinajstić information content (AvgIpc) is 3.18. The Balaban J connectivity index is 1.61. The van der Waals surface area contributed by atoms with Crippen molar-refractivity contribution in [3.8, 4) is 11.5 Å². The van der Waals surface area contributed by atoms with Gasteiger partial charge in [0.25, 0.3) is 5.69 Å². The molecule has 0 N–H and O–H groups in total. The Morgan fingerprint density at radius 2 is 1.94 bits per heavy atom. The van der Waals surface area contributed by atoms with Crippen molar-refractivity contribution in [1.29, 1.82) is 0 Å². The monoisotopic (exact) mass is 492 g/mol. The second-order valence-electron chi connectivity index (χ2n) is 7.91. The van der Waals surface area contributed by atoms with E-state index < -0.39 is 10.9 Å². The van der Waals surface area contributed by atoms with Gasteiger partial charge in [0.2, 0.25) is 5.90 Å². The van der Waals surface area contributed by atoms with Gasteiger partial charge in [0.1, 0.15) is 6.61 Å². The smallest absolute Gasteiger partial charge is 0.363 e. The molecule has 1 aliphatic heterocycles. The van der Waals surface area contributed by atoms with Crippen LogP contribution >= 0.6 is 11.6 Å². The van der Waals surface area contributed by atoms with Gasteiger partial charge in [-0.1, -0.05) is 47.5 Å². The second-order valence-corrected chi connectivity index (χ2v) is 8.31. The summed E-state index contributed by atoms with van der Waals surface area (Å²) >= 11 is 6.47. The summed E-state index contributed by atoms with van der Waals surface area (Å²) in [6.45, 7) is 3.93. The first kappa shape index (κ1) is 24.0. The molecule has 0 saturated carbocycles.